The van der Waals surface area contributed by atoms with Gasteiger partial charge in [-0.25, -0.2) is 4.98 Å². The zero-order chi connectivity index (χ0) is 37.3. The van der Waals surface area contributed by atoms with Gasteiger partial charge in [-0.2, -0.15) is 0 Å². The summed E-state index contributed by atoms with van der Waals surface area (Å²) in [6.45, 7) is 4.54. The van der Waals surface area contributed by atoms with Crippen molar-refractivity contribution in [2.75, 3.05) is 0 Å². The minimum absolute atomic E-state index is 0. The first-order valence-electron chi connectivity index (χ1n) is 19.2. The number of imidazole rings is 1. The van der Waals surface area contributed by atoms with Crippen LogP contribution >= 0.6 is 35.2 Å². The number of nitrogens with two attached hydrogens (primary N) is 1. The number of H-pyrrole nitrogens is 1. The summed E-state index contributed by atoms with van der Waals surface area (Å²) in [5.41, 5.74) is 12.0. The van der Waals surface area contributed by atoms with Gasteiger partial charge in [0.2, 0.25) is 0 Å². The minimum atomic E-state index is -0.511. The van der Waals surface area contributed by atoms with Gasteiger partial charge in [0.1, 0.15) is 5.82 Å². The number of hydrogen-bond acceptors (Lipinski definition) is 2. The molecule has 4 saturated carbocycles. The van der Waals surface area contributed by atoms with Crippen LogP contribution in [0.15, 0.2) is 84.9 Å². The summed E-state index contributed by atoms with van der Waals surface area (Å²) in [5.74, 6) is 2.52. The molecule has 4 fully saturated rings. The smallest absolute Gasteiger partial charge is 2.00 e. The molecule has 8 rings (SSSR count). The molecule has 4 aliphatic carbocycles. The predicted molar refractivity (Wildman–Crippen MR) is 230 cm³/mol. The molecule has 10 radical (unpaired) electrons. The fraction of sp³-hybridized carbons (Fsp3) is 0.356. The zero-order valence-corrected chi connectivity index (χ0v) is 37.6. The standard InChI is InChI=1S/C31H39P2.C9H11N3.C5H5.2ClH.Fe.Ru/c1-25(32(26-15-6-2-7-16-26)27-17-8-3-9-18-27)30-23-14-24-31(30)33(28-19-10-4-11-20-28)29-21-12-5-13-22-29;1-6(10)9-11-7-4-2-3-5-8(7)12-9;1-2-4-5-3-1;;;;/h4-5,10-14,19-27H,2-3,6-9,15-18H2,1H3;2-6H,10H2,1H3,(H,11,12);1-5H;2*1H;;/q;;;;;2*+2/p-2/t25-;6-;;;;;/m10...../s1. The number of hydrogen-bond donors (Lipinski definition) is 2. The number of nitrogens with one attached hydrogen (secondary N) is 1. The van der Waals surface area contributed by atoms with Gasteiger partial charge in [-0.1, -0.05) is 126 Å². The Balaban J connectivity index is 0.000000252. The van der Waals surface area contributed by atoms with Crippen molar-refractivity contribution in [2.45, 2.75) is 101 Å². The van der Waals surface area contributed by atoms with Crippen molar-refractivity contribution >= 4 is 56.9 Å². The number of para-hydroxylation sites is 2. The van der Waals surface area contributed by atoms with Gasteiger partial charge in [-0.3, -0.25) is 0 Å². The van der Waals surface area contributed by atoms with Crippen molar-refractivity contribution in [3.05, 3.63) is 154 Å². The van der Waals surface area contributed by atoms with Crippen LogP contribution in [0.4, 0.5) is 0 Å². The van der Waals surface area contributed by atoms with E-state index >= 15 is 0 Å². The van der Waals surface area contributed by atoms with E-state index in [0.717, 1.165) is 28.2 Å². The molecule has 0 amide bonds. The second-order valence-corrected chi connectivity index (χ2v) is 22.0. The van der Waals surface area contributed by atoms with Crippen LogP contribution in [0.1, 0.15) is 89.9 Å². The number of fused-ring (bicyclic) bond motifs is 1. The molecule has 2 atom stereocenters. The average Bonchev–Trinajstić information content (AvgIpc) is 4.02. The van der Waals surface area contributed by atoms with Crippen molar-refractivity contribution in [1.29, 1.82) is 0 Å². The molecule has 0 saturated heterocycles. The van der Waals surface area contributed by atoms with E-state index in [0.29, 0.717) is 5.66 Å². The maximum absolute atomic E-state index is 5.68. The SMILES string of the molecule is C[C@H](N)c1nc2ccccc2[nH]1.C[C@H]([C]1[CH][CH][CH][C]1P(c1ccccc1)c1ccccc1)P(C1CCCCC1)C1CCCCC1.[CH]1[CH][CH][CH][CH]1.[Cl][Ru][Cl].[Fe+2]. The van der Waals surface area contributed by atoms with E-state index in [9.17, 15) is 0 Å². The molecule has 4 aromatic rings. The van der Waals surface area contributed by atoms with E-state index < -0.39 is 7.92 Å². The summed E-state index contributed by atoms with van der Waals surface area (Å²) >= 11 is -0.346. The molecular formula is C45H55Cl2FeN3P2Ru+2. The van der Waals surface area contributed by atoms with Crippen molar-refractivity contribution in [3.8, 4) is 0 Å². The second kappa shape index (κ2) is 25.9. The van der Waals surface area contributed by atoms with E-state index in [1.165, 1.54) is 74.8 Å². The summed E-state index contributed by atoms with van der Waals surface area (Å²) in [6, 6.07) is 30.5. The molecule has 4 aliphatic rings. The first kappa shape index (κ1) is 46.4. The van der Waals surface area contributed by atoms with Gasteiger partial charge in [0.25, 0.3) is 0 Å². The van der Waals surface area contributed by atoms with Gasteiger partial charge in [0.15, 0.2) is 0 Å². The molecule has 3 aromatic carbocycles. The van der Waals surface area contributed by atoms with Crippen LogP contribution in [0.25, 0.3) is 11.0 Å². The zero-order valence-electron chi connectivity index (χ0n) is 31.5. The molecule has 288 valence electrons. The molecule has 3 N–H and O–H groups in total. The number of benzene rings is 3. The maximum Gasteiger partial charge on any atom is 2.00 e. The summed E-state index contributed by atoms with van der Waals surface area (Å²) in [6.07, 6.45) is 32.1. The second-order valence-electron chi connectivity index (χ2n) is 14.0. The van der Waals surface area contributed by atoms with Crippen LogP contribution in [0.3, 0.4) is 0 Å². The Kier molecular flexibility index (Phi) is 22.2. The predicted octanol–water partition coefficient (Wildman–Crippen LogP) is 12.4. The quantitative estimate of drug-likeness (QED) is 0.137. The number of aromatic nitrogens is 2. The Morgan fingerprint density at radius 1 is 0.667 bits per heavy atom. The number of nitrogens with zero attached hydrogens (tertiary/aromatic N) is 1. The van der Waals surface area contributed by atoms with Crippen LogP contribution in [0, 0.1) is 62.9 Å². The minimum Gasteiger partial charge on any atom is 2.00 e. The van der Waals surface area contributed by atoms with Crippen molar-refractivity contribution in [1.82, 2.24) is 9.97 Å². The monoisotopic (exact) mass is 927 g/mol. The molecule has 54 heavy (non-hydrogen) atoms. The molecule has 1 aromatic heterocycles. The van der Waals surface area contributed by atoms with Crippen LogP contribution in [0.2, 0.25) is 0 Å². The van der Waals surface area contributed by atoms with Crippen LogP contribution in [-0.2, 0) is 32.2 Å². The van der Waals surface area contributed by atoms with E-state index in [-0.39, 0.29) is 46.2 Å². The number of halogens is 2. The molecule has 0 spiro atoms. The summed E-state index contributed by atoms with van der Waals surface area (Å²) < 4.78 is 0. The Morgan fingerprint density at radius 2 is 1.13 bits per heavy atom. The van der Waals surface area contributed by atoms with Gasteiger partial charge in [-0.15, -0.1) is 0 Å². The Labute approximate surface area is 356 Å². The van der Waals surface area contributed by atoms with Gasteiger partial charge in [0.05, 0.1) is 17.1 Å². The fourth-order valence-corrected chi connectivity index (χ4v) is 14.9. The van der Waals surface area contributed by atoms with Crippen molar-refractivity contribution in [2.24, 2.45) is 5.73 Å². The average molecular weight is 928 g/mol. The number of rotatable bonds is 8. The maximum atomic E-state index is 5.68. The van der Waals surface area contributed by atoms with Crippen LogP contribution < -0.4 is 16.3 Å². The normalized spacial score (nSPS) is 19.6. The summed E-state index contributed by atoms with van der Waals surface area (Å²) in [7, 11) is 9.22. The van der Waals surface area contributed by atoms with Gasteiger partial charge < -0.3 is 10.7 Å². The molecule has 1 heterocycles. The topological polar surface area (TPSA) is 54.7 Å². The van der Waals surface area contributed by atoms with Gasteiger partial charge >= 0.3 is 51.6 Å². The third-order valence-electron chi connectivity index (χ3n) is 10.4. The summed E-state index contributed by atoms with van der Waals surface area (Å²) in [4.78, 5) is 7.49. The van der Waals surface area contributed by atoms with Crippen molar-refractivity contribution < 1.29 is 32.2 Å². The Morgan fingerprint density at radius 3 is 1.59 bits per heavy atom. The molecule has 0 aliphatic heterocycles. The van der Waals surface area contributed by atoms with E-state index in [1.54, 1.807) is 11.6 Å². The fourth-order valence-electron chi connectivity index (χ4n) is 7.92. The summed E-state index contributed by atoms with van der Waals surface area (Å²) in [5, 5.41) is 2.97. The van der Waals surface area contributed by atoms with Crippen molar-refractivity contribution in [3.63, 3.8) is 0 Å². The van der Waals surface area contributed by atoms with E-state index in [4.69, 9.17) is 25.1 Å². The van der Waals surface area contributed by atoms with E-state index in [2.05, 4.69) is 96.8 Å². The molecule has 3 nitrogen and oxygen atoms in total. The molecular weight excluding hydrogens is 872 g/mol. The third kappa shape index (κ3) is 13.9. The Hall–Kier alpha value is -0.327. The molecule has 0 unspecified atom stereocenters. The van der Waals surface area contributed by atoms with E-state index in [1.807, 2.05) is 63.3 Å². The van der Waals surface area contributed by atoms with Gasteiger partial charge in [0, 0.05) is 5.66 Å². The van der Waals surface area contributed by atoms with Gasteiger partial charge in [-0.05, 0) is 138 Å². The molecule has 0 bridgehead atoms. The van der Waals surface area contributed by atoms with Crippen LogP contribution in [0.5, 0.6) is 0 Å². The largest absolute Gasteiger partial charge is 2.00 e. The number of aromatic amines is 1. The third-order valence-corrected chi connectivity index (χ3v) is 16.8. The first-order valence-corrected chi connectivity index (χ1v) is 26.5. The van der Waals surface area contributed by atoms with Crippen LogP contribution in [-0.4, -0.2) is 26.9 Å². The Bertz CT molecular complexity index is 1450. The molecule has 9 heteroatoms. The first-order chi connectivity index (χ1) is 26.0.